The first-order valence-electron chi connectivity index (χ1n) is 7.30. The van der Waals surface area contributed by atoms with E-state index in [9.17, 15) is 8.42 Å². The van der Waals surface area contributed by atoms with Gasteiger partial charge in [-0.05, 0) is 37.8 Å². The Morgan fingerprint density at radius 1 is 1.43 bits per heavy atom. The van der Waals surface area contributed by atoms with Crippen LogP contribution < -0.4 is 5.73 Å². The van der Waals surface area contributed by atoms with Crippen LogP contribution in [0.4, 0.5) is 0 Å². The molecule has 0 saturated heterocycles. The molecule has 1 aromatic carbocycles. The molecule has 0 bridgehead atoms. The molecule has 1 aliphatic rings. The molecule has 4 nitrogen and oxygen atoms in total. The van der Waals surface area contributed by atoms with Crippen molar-refractivity contribution >= 4 is 27.2 Å². The van der Waals surface area contributed by atoms with Crippen molar-refractivity contribution in [3.8, 4) is 0 Å². The Hall–Kier alpha value is -0.980. The molecule has 0 radical (unpaired) electrons. The monoisotopic (exact) mass is 326 g/mol. The van der Waals surface area contributed by atoms with Gasteiger partial charge in [-0.25, -0.2) is 8.42 Å². The van der Waals surface area contributed by atoms with E-state index in [1.807, 2.05) is 0 Å². The second-order valence-corrected chi connectivity index (χ2v) is 7.84. The third kappa shape index (κ3) is 3.62. The Balaban J connectivity index is 2.41. The maximum absolute atomic E-state index is 13.0. The van der Waals surface area contributed by atoms with Gasteiger partial charge in [-0.3, -0.25) is 0 Å². The Labute approximate surface area is 132 Å². The number of hydrogen-bond donors (Lipinski definition) is 1. The molecular weight excluding hydrogens is 304 g/mol. The minimum Gasteiger partial charge on any atom is -0.389 e. The second-order valence-electron chi connectivity index (χ2n) is 5.55. The third-order valence-corrected chi connectivity index (χ3v) is 6.08. The Kier molecular flexibility index (Phi) is 5.01. The van der Waals surface area contributed by atoms with Crippen LogP contribution in [0.1, 0.15) is 43.7 Å². The van der Waals surface area contributed by atoms with Crippen molar-refractivity contribution in [3.05, 3.63) is 29.3 Å². The second kappa shape index (κ2) is 6.42. The molecule has 0 spiro atoms. The van der Waals surface area contributed by atoms with Crippen LogP contribution in [0.3, 0.4) is 0 Å². The van der Waals surface area contributed by atoms with Crippen LogP contribution in [-0.2, 0) is 10.0 Å². The van der Waals surface area contributed by atoms with E-state index in [0.717, 1.165) is 31.2 Å². The number of rotatable bonds is 7. The highest BCUT2D eigenvalue weighted by Gasteiger charge is 2.38. The van der Waals surface area contributed by atoms with Crippen molar-refractivity contribution in [2.24, 2.45) is 5.73 Å². The molecule has 0 unspecified atom stereocenters. The number of aryl methyl sites for hydroxylation is 1. The summed E-state index contributed by atoms with van der Waals surface area (Å²) in [5.41, 5.74) is 6.96. The molecule has 116 valence electrons. The number of thiocarbonyl (C=S) groups is 1. The summed E-state index contributed by atoms with van der Waals surface area (Å²) in [7, 11) is -3.48. The van der Waals surface area contributed by atoms with Crippen LogP contribution in [0.25, 0.3) is 0 Å². The van der Waals surface area contributed by atoms with Gasteiger partial charge in [0.25, 0.3) is 0 Å². The number of nitrogens with two attached hydrogens (primary N) is 1. The van der Waals surface area contributed by atoms with Gasteiger partial charge in [-0.1, -0.05) is 37.7 Å². The van der Waals surface area contributed by atoms with E-state index in [1.54, 1.807) is 29.4 Å². The Morgan fingerprint density at radius 3 is 2.62 bits per heavy atom. The van der Waals surface area contributed by atoms with Crippen LogP contribution in [0.2, 0.25) is 0 Å². The smallest absolute Gasteiger partial charge is 0.243 e. The maximum atomic E-state index is 13.0. The van der Waals surface area contributed by atoms with E-state index in [2.05, 4.69) is 6.92 Å². The quantitative estimate of drug-likeness (QED) is 0.782. The van der Waals surface area contributed by atoms with Crippen molar-refractivity contribution in [2.45, 2.75) is 50.5 Å². The van der Waals surface area contributed by atoms with Crippen LogP contribution in [-0.4, -0.2) is 30.3 Å². The van der Waals surface area contributed by atoms with Gasteiger partial charge in [-0.15, -0.1) is 0 Å². The summed E-state index contributed by atoms with van der Waals surface area (Å²) in [5.74, 6) is 0. The zero-order valence-corrected chi connectivity index (χ0v) is 14.1. The van der Waals surface area contributed by atoms with Crippen LogP contribution in [0, 0.1) is 6.92 Å². The molecule has 2 N–H and O–H groups in total. The lowest BCUT2D eigenvalue weighted by molar-refractivity contribution is 0.395. The van der Waals surface area contributed by atoms with E-state index in [4.69, 9.17) is 18.0 Å². The number of hydrogen-bond acceptors (Lipinski definition) is 3. The van der Waals surface area contributed by atoms with E-state index in [1.165, 1.54) is 0 Å². The molecule has 6 heteroatoms. The summed E-state index contributed by atoms with van der Waals surface area (Å²) in [6.07, 6.45) is 3.77. The van der Waals surface area contributed by atoms with Gasteiger partial charge >= 0.3 is 0 Å². The molecule has 0 atom stereocenters. The fraction of sp³-hybridized carbons (Fsp3) is 0.533. The van der Waals surface area contributed by atoms with Gasteiger partial charge in [0.05, 0.1) is 4.90 Å². The van der Waals surface area contributed by atoms with Gasteiger partial charge in [0, 0.05) is 18.2 Å². The summed E-state index contributed by atoms with van der Waals surface area (Å²) < 4.78 is 27.6. The lowest BCUT2D eigenvalue weighted by atomic mass is 10.1. The van der Waals surface area contributed by atoms with Crippen molar-refractivity contribution in [1.29, 1.82) is 0 Å². The zero-order chi connectivity index (χ0) is 15.6. The lowest BCUT2D eigenvalue weighted by Gasteiger charge is -2.23. The summed E-state index contributed by atoms with van der Waals surface area (Å²) in [6, 6.07) is 5.31. The number of unbranched alkanes of at least 4 members (excludes halogenated alkanes) is 1. The number of benzene rings is 1. The molecule has 21 heavy (non-hydrogen) atoms. The van der Waals surface area contributed by atoms with E-state index < -0.39 is 10.0 Å². The summed E-state index contributed by atoms with van der Waals surface area (Å²) in [6.45, 7) is 4.46. The van der Waals surface area contributed by atoms with Crippen LogP contribution in [0.15, 0.2) is 23.1 Å². The third-order valence-electron chi connectivity index (χ3n) is 3.75. The lowest BCUT2D eigenvalue weighted by Crippen LogP contribution is -2.34. The largest absolute Gasteiger partial charge is 0.389 e. The van der Waals surface area contributed by atoms with E-state index in [-0.39, 0.29) is 11.0 Å². The first kappa shape index (κ1) is 16.4. The molecule has 0 amide bonds. The summed E-state index contributed by atoms with van der Waals surface area (Å²) in [4.78, 5) is 0.550. The molecule has 1 fully saturated rings. The standard InChI is InChI=1S/C15H22N2O2S2/c1-3-4-9-17(13-7-8-13)21(18,19)14-10-12(15(16)20)6-5-11(14)2/h5-6,10,13H,3-4,7-9H2,1-2H3,(H2,16,20). The molecule has 1 saturated carbocycles. The average Bonchev–Trinajstić information content (AvgIpc) is 3.23. The van der Waals surface area contributed by atoms with Gasteiger partial charge in [0.1, 0.15) is 4.99 Å². The molecule has 0 heterocycles. The highest BCUT2D eigenvalue weighted by atomic mass is 32.2. The predicted molar refractivity (Wildman–Crippen MR) is 88.9 cm³/mol. The Morgan fingerprint density at radius 2 is 2.10 bits per heavy atom. The highest BCUT2D eigenvalue weighted by molar-refractivity contribution is 7.89. The predicted octanol–water partition coefficient (Wildman–Crippen LogP) is 2.58. The topological polar surface area (TPSA) is 63.4 Å². The SMILES string of the molecule is CCCCN(C1CC1)S(=O)(=O)c1cc(C(N)=S)ccc1C. The minimum absolute atomic E-state index is 0.162. The van der Waals surface area contributed by atoms with Crippen molar-refractivity contribution in [3.63, 3.8) is 0 Å². The molecule has 1 aliphatic carbocycles. The maximum Gasteiger partial charge on any atom is 0.243 e. The minimum atomic E-state index is -3.48. The highest BCUT2D eigenvalue weighted by Crippen LogP contribution is 2.33. The van der Waals surface area contributed by atoms with Crippen LogP contribution in [0.5, 0.6) is 0 Å². The van der Waals surface area contributed by atoms with Crippen molar-refractivity contribution in [2.75, 3.05) is 6.54 Å². The molecule has 1 aromatic rings. The fourth-order valence-electron chi connectivity index (χ4n) is 2.33. The van der Waals surface area contributed by atoms with Crippen molar-refractivity contribution in [1.82, 2.24) is 4.31 Å². The van der Waals surface area contributed by atoms with Gasteiger partial charge in [0.2, 0.25) is 10.0 Å². The molecule has 0 aliphatic heterocycles. The van der Waals surface area contributed by atoms with E-state index in [0.29, 0.717) is 17.0 Å². The van der Waals surface area contributed by atoms with Gasteiger partial charge in [-0.2, -0.15) is 4.31 Å². The summed E-state index contributed by atoms with van der Waals surface area (Å²) >= 11 is 4.96. The average molecular weight is 326 g/mol. The van der Waals surface area contributed by atoms with E-state index >= 15 is 0 Å². The zero-order valence-electron chi connectivity index (χ0n) is 12.5. The molecular formula is C15H22N2O2S2. The number of sulfonamides is 1. The molecule has 0 aromatic heterocycles. The fourth-order valence-corrected chi connectivity index (χ4v) is 4.44. The van der Waals surface area contributed by atoms with Crippen molar-refractivity contribution < 1.29 is 8.42 Å². The summed E-state index contributed by atoms with van der Waals surface area (Å²) in [5, 5.41) is 0. The van der Waals surface area contributed by atoms with Crippen LogP contribution >= 0.6 is 12.2 Å². The van der Waals surface area contributed by atoms with Gasteiger partial charge in [0.15, 0.2) is 0 Å². The van der Waals surface area contributed by atoms with Gasteiger partial charge < -0.3 is 5.73 Å². The Bertz CT molecular complexity index is 637. The normalized spacial score (nSPS) is 15.4. The first-order valence-corrected chi connectivity index (χ1v) is 9.15. The molecule has 2 rings (SSSR count). The number of nitrogens with zero attached hydrogens (tertiary/aromatic N) is 1. The first-order chi connectivity index (χ1) is 9.87.